The fourth-order valence-electron chi connectivity index (χ4n) is 2.62. The molecule has 0 aromatic carbocycles. The van der Waals surface area contributed by atoms with Gasteiger partial charge < -0.3 is 14.9 Å². The number of nitrogens with zero attached hydrogens (tertiary/aromatic N) is 3. The average Bonchev–Trinajstić information content (AvgIpc) is 3.11. The smallest absolute Gasteiger partial charge is 0.320 e. The Kier molecular flexibility index (Phi) is 3.93. The zero-order chi connectivity index (χ0) is 14.0. The Balaban J connectivity index is 1.98. The van der Waals surface area contributed by atoms with Crippen LogP contribution < -0.4 is 0 Å². The van der Waals surface area contributed by atoms with Gasteiger partial charge in [-0.15, -0.1) is 0 Å². The molecule has 1 heterocycles. The number of rotatable bonds is 4. The van der Waals surface area contributed by atoms with Crippen molar-refractivity contribution in [2.75, 3.05) is 19.6 Å². The van der Waals surface area contributed by atoms with Gasteiger partial charge in [-0.1, -0.05) is 6.92 Å². The summed E-state index contributed by atoms with van der Waals surface area (Å²) in [5, 5.41) is 17.7. The third-order valence-electron chi connectivity index (χ3n) is 3.90. The molecule has 1 N–H and O–H groups in total. The van der Waals surface area contributed by atoms with E-state index in [1.54, 1.807) is 9.80 Å². The number of aliphatic carboxylic acids is 1. The maximum Gasteiger partial charge on any atom is 0.320 e. The molecule has 1 saturated heterocycles. The van der Waals surface area contributed by atoms with Gasteiger partial charge in [0.15, 0.2) is 0 Å². The van der Waals surface area contributed by atoms with Gasteiger partial charge in [-0.3, -0.25) is 4.79 Å². The van der Waals surface area contributed by atoms with Crippen molar-refractivity contribution in [3.8, 4) is 6.07 Å². The molecule has 0 aromatic heterocycles. The van der Waals surface area contributed by atoms with Crippen LogP contribution >= 0.6 is 0 Å². The van der Waals surface area contributed by atoms with E-state index in [1.165, 1.54) is 0 Å². The van der Waals surface area contributed by atoms with Crippen molar-refractivity contribution in [3.05, 3.63) is 0 Å². The van der Waals surface area contributed by atoms with Gasteiger partial charge >= 0.3 is 12.0 Å². The van der Waals surface area contributed by atoms with Gasteiger partial charge in [-0.25, -0.2) is 4.79 Å². The minimum absolute atomic E-state index is 0.0153. The van der Waals surface area contributed by atoms with E-state index in [2.05, 4.69) is 6.07 Å². The number of amides is 2. The van der Waals surface area contributed by atoms with Crippen LogP contribution in [-0.2, 0) is 4.79 Å². The molecule has 1 aliphatic heterocycles. The molecule has 2 atom stereocenters. The van der Waals surface area contributed by atoms with E-state index in [9.17, 15) is 9.59 Å². The number of carboxylic acid groups (broad SMARTS) is 1. The fraction of sp³-hybridized carbons (Fsp3) is 0.769. The lowest BCUT2D eigenvalue weighted by Gasteiger charge is -2.27. The van der Waals surface area contributed by atoms with Crippen LogP contribution in [0.4, 0.5) is 4.79 Å². The van der Waals surface area contributed by atoms with Gasteiger partial charge in [0, 0.05) is 25.7 Å². The minimum atomic E-state index is -0.835. The van der Waals surface area contributed by atoms with Crippen molar-refractivity contribution >= 4 is 12.0 Å². The first-order chi connectivity index (χ1) is 9.04. The molecule has 2 fully saturated rings. The summed E-state index contributed by atoms with van der Waals surface area (Å²) in [6, 6.07) is 2.20. The van der Waals surface area contributed by atoms with E-state index in [0.717, 1.165) is 12.8 Å². The standard InChI is InChI=1S/C13H19N3O3/c1-9-7-15(8-11(9)12(17)18)13(19)16(6-2-5-14)10-3-4-10/h9-11H,2-4,6-8H2,1H3,(H,17,18)/t9-,11-/m1/s1. The quantitative estimate of drug-likeness (QED) is 0.826. The summed E-state index contributed by atoms with van der Waals surface area (Å²) in [4.78, 5) is 26.8. The Morgan fingerprint density at radius 2 is 2.11 bits per heavy atom. The maximum absolute atomic E-state index is 12.4. The molecule has 0 radical (unpaired) electrons. The largest absolute Gasteiger partial charge is 0.481 e. The number of carbonyl (C=O) groups excluding carboxylic acids is 1. The molecule has 2 amide bonds. The predicted octanol–water partition coefficient (Wildman–Crippen LogP) is 1.14. The van der Waals surface area contributed by atoms with Crippen molar-refractivity contribution < 1.29 is 14.7 Å². The van der Waals surface area contributed by atoms with Crippen molar-refractivity contribution in [1.29, 1.82) is 5.26 Å². The number of nitriles is 1. The van der Waals surface area contributed by atoms with Crippen LogP contribution in [0.25, 0.3) is 0 Å². The predicted molar refractivity (Wildman–Crippen MR) is 67.2 cm³/mol. The van der Waals surface area contributed by atoms with Crippen molar-refractivity contribution in [2.24, 2.45) is 11.8 Å². The highest BCUT2D eigenvalue weighted by molar-refractivity contribution is 5.78. The molecule has 1 saturated carbocycles. The van der Waals surface area contributed by atoms with Gasteiger partial charge in [-0.2, -0.15) is 5.26 Å². The topological polar surface area (TPSA) is 84.6 Å². The first-order valence-corrected chi connectivity index (χ1v) is 6.70. The van der Waals surface area contributed by atoms with E-state index < -0.39 is 11.9 Å². The highest BCUT2D eigenvalue weighted by Crippen LogP contribution is 2.30. The number of likely N-dealkylation sites (tertiary alicyclic amines) is 1. The highest BCUT2D eigenvalue weighted by atomic mass is 16.4. The maximum atomic E-state index is 12.4. The lowest BCUT2D eigenvalue weighted by molar-refractivity contribution is -0.142. The molecule has 0 bridgehead atoms. The number of urea groups is 1. The van der Waals surface area contributed by atoms with E-state index in [-0.39, 0.29) is 24.5 Å². The molecule has 2 aliphatic rings. The Hall–Kier alpha value is -1.77. The monoisotopic (exact) mass is 265 g/mol. The summed E-state index contributed by atoms with van der Waals surface area (Å²) in [6.45, 7) is 3.09. The molecule has 0 aromatic rings. The van der Waals surface area contributed by atoms with Gasteiger partial charge in [-0.05, 0) is 18.8 Å². The van der Waals surface area contributed by atoms with Crippen molar-refractivity contribution in [2.45, 2.75) is 32.2 Å². The molecule has 1 aliphatic carbocycles. The van der Waals surface area contributed by atoms with Crippen molar-refractivity contribution in [3.63, 3.8) is 0 Å². The second-order valence-electron chi connectivity index (χ2n) is 5.44. The molecule has 0 spiro atoms. The molecular weight excluding hydrogens is 246 g/mol. The Bertz CT molecular complexity index is 414. The van der Waals surface area contributed by atoms with Crippen LogP contribution in [0.3, 0.4) is 0 Å². The van der Waals surface area contributed by atoms with Gasteiger partial charge in [0.2, 0.25) is 0 Å². The summed E-state index contributed by atoms with van der Waals surface area (Å²) in [7, 11) is 0. The fourth-order valence-corrected chi connectivity index (χ4v) is 2.62. The summed E-state index contributed by atoms with van der Waals surface area (Å²) >= 11 is 0. The lowest BCUT2D eigenvalue weighted by Crippen LogP contribution is -2.44. The Morgan fingerprint density at radius 3 is 2.58 bits per heavy atom. The molecule has 6 heteroatoms. The minimum Gasteiger partial charge on any atom is -0.481 e. The zero-order valence-corrected chi connectivity index (χ0v) is 11.1. The zero-order valence-electron chi connectivity index (χ0n) is 11.1. The molecule has 0 unspecified atom stereocenters. The molecule has 2 rings (SSSR count). The van der Waals surface area contributed by atoms with Crippen LogP contribution in [0.1, 0.15) is 26.2 Å². The van der Waals surface area contributed by atoms with Gasteiger partial charge in [0.05, 0.1) is 18.4 Å². The average molecular weight is 265 g/mol. The molecule has 104 valence electrons. The third-order valence-corrected chi connectivity index (χ3v) is 3.90. The Morgan fingerprint density at radius 1 is 1.42 bits per heavy atom. The lowest BCUT2D eigenvalue weighted by atomic mass is 9.99. The highest BCUT2D eigenvalue weighted by Gasteiger charge is 2.41. The van der Waals surface area contributed by atoms with Crippen LogP contribution in [0.15, 0.2) is 0 Å². The number of hydrogen-bond donors (Lipinski definition) is 1. The van der Waals surface area contributed by atoms with E-state index in [1.807, 2.05) is 6.92 Å². The second-order valence-corrected chi connectivity index (χ2v) is 5.44. The van der Waals surface area contributed by atoms with Crippen molar-refractivity contribution in [1.82, 2.24) is 9.80 Å². The molecule has 19 heavy (non-hydrogen) atoms. The van der Waals surface area contributed by atoms with Crippen LogP contribution in [0, 0.1) is 23.2 Å². The first kappa shape index (κ1) is 13.7. The van der Waals surface area contributed by atoms with E-state index in [4.69, 9.17) is 10.4 Å². The Labute approximate surface area is 112 Å². The van der Waals surface area contributed by atoms with Gasteiger partial charge in [0.1, 0.15) is 0 Å². The van der Waals surface area contributed by atoms with Crippen LogP contribution in [0.5, 0.6) is 0 Å². The molecule has 6 nitrogen and oxygen atoms in total. The summed E-state index contributed by atoms with van der Waals surface area (Å²) in [5.74, 6) is -1.32. The number of carbonyl (C=O) groups is 2. The normalized spacial score (nSPS) is 26.0. The van der Waals surface area contributed by atoms with Gasteiger partial charge in [0.25, 0.3) is 0 Å². The van der Waals surface area contributed by atoms with Crippen LogP contribution in [-0.4, -0.2) is 52.6 Å². The number of carboxylic acids is 1. The van der Waals surface area contributed by atoms with E-state index >= 15 is 0 Å². The summed E-state index contributed by atoms with van der Waals surface area (Å²) < 4.78 is 0. The van der Waals surface area contributed by atoms with E-state index in [0.29, 0.717) is 19.5 Å². The molecular formula is C13H19N3O3. The number of hydrogen-bond acceptors (Lipinski definition) is 3. The second kappa shape index (κ2) is 5.47. The summed E-state index contributed by atoms with van der Waals surface area (Å²) in [5.41, 5.74) is 0. The van der Waals surface area contributed by atoms with Crippen LogP contribution in [0.2, 0.25) is 0 Å². The summed E-state index contributed by atoms with van der Waals surface area (Å²) in [6.07, 6.45) is 2.31. The SMILES string of the molecule is C[C@@H]1CN(C(=O)N(CCC#N)C2CC2)C[C@H]1C(=O)O. The third kappa shape index (κ3) is 2.98. The first-order valence-electron chi connectivity index (χ1n) is 6.70.